The summed E-state index contributed by atoms with van der Waals surface area (Å²) >= 11 is 0. The predicted octanol–water partition coefficient (Wildman–Crippen LogP) is 1.24. The van der Waals surface area contributed by atoms with Crippen LogP contribution >= 0.6 is 0 Å². The third-order valence-corrected chi connectivity index (χ3v) is 2.29. The third-order valence-electron chi connectivity index (χ3n) is 2.29. The van der Waals surface area contributed by atoms with Gasteiger partial charge in [-0.2, -0.15) is 0 Å². The van der Waals surface area contributed by atoms with Crippen molar-refractivity contribution in [3.05, 3.63) is 23.7 Å². The summed E-state index contributed by atoms with van der Waals surface area (Å²) in [5.74, 6) is 1.29. The van der Waals surface area contributed by atoms with Crippen LogP contribution in [0.15, 0.2) is 21.7 Å². The van der Waals surface area contributed by atoms with Crippen molar-refractivity contribution >= 4 is 11.7 Å². The molecule has 0 saturated carbocycles. The highest BCUT2D eigenvalue weighted by Gasteiger charge is 2.35. The quantitative estimate of drug-likeness (QED) is 0.727. The number of carbonyl (C=O) groups is 1. The maximum absolute atomic E-state index is 11.5. The van der Waals surface area contributed by atoms with E-state index in [1.165, 1.54) is 0 Å². The Hall–Kier alpha value is -1.58. The number of amides is 1. The molecule has 0 unspecified atom stereocenters. The van der Waals surface area contributed by atoms with Gasteiger partial charge in [-0.3, -0.25) is 9.79 Å². The first kappa shape index (κ1) is 8.99. The minimum absolute atomic E-state index is 0.0758. The largest absolute Gasteiger partial charge is 0.469 e. The van der Waals surface area contributed by atoms with Crippen molar-refractivity contribution in [3.8, 4) is 0 Å². The summed E-state index contributed by atoms with van der Waals surface area (Å²) in [4.78, 5) is 15.8. The monoisotopic (exact) mass is 192 g/mol. The number of hydrogen-bond acceptors (Lipinski definition) is 3. The van der Waals surface area contributed by atoms with E-state index in [1.807, 2.05) is 6.92 Å². The summed E-state index contributed by atoms with van der Waals surface area (Å²) in [6.07, 6.45) is 1.59. The van der Waals surface area contributed by atoms with E-state index in [9.17, 15) is 4.79 Å². The Labute approximate surface area is 82.0 Å². The number of nitrogens with one attached hydrogen (secondary N) is 1. The fraction of sp³-hybridized carbons (Fsp3) is 0.400. The highest BCUT2D eigenvalue weighted by molar-refractivity contribution is 6.15. The fourth-order valence-electron chi connectivity index (χ4n) is 1.38. The van der Waals surface area contributed by atoms with Crippen molar-refractivity contribution in [2.75, 3.05) is 0 Å². The molecule has 0 radical (unpaired) electrons. The lowest BCUT2D eigenvalue weighted by atomic mass is 10.1. The van der Waals surface area contributed by atoms with Gasteiger partial charge in [0.05, 0.1) is 11.8 Å². The van der Waals surface area contributed by atoms with Crippen LogP contribution < -0.4 is 5.32 Å². The molecule has 14 heavy (non-hydrogen) atoms. The van der Waals surface area contributed by atoms with E-state index in [4.69, 9.17) is 4.42 Å². The van der Waals surface area contributed by atoms with Gasteiger partial charge in [0.2, 0.25) is 0 Å². The minimum Gasteiger partial charge on any atom is -0.469 e. The van der Waals surface area contributed by atoms with Crippen LogP contribution in [0.3, 0.4) is 0 Å². The Bertz CT molecular complexity index is 416. The molecule has 1 aromatic rings. The first-order chi connectivity index (χ1) is 6.50. The molecule has 4 heteroatoms. The normalized spacial score (nSPS) is 19.4. The third kappa shape index (κ3) is 1.23. The zero-order chi connectivity index (χ0) is 10.3. The van der Waals surface area contributed by atoms with Gasteiger partial charge in [-0.1, -0.05) is 0 Å². The summed E-state index contributed by atoms with van der Waals surface area (Å²) in [6.45, 7) is 5.41. The average Bonchev–Trinajstić information content (AvgIpc) is 2.58. The molecule has 0 spiro atoms. The molecule has 0 fully saturated rings. The topological polar surface area (TPSA) is 54.6 Å². The van der Waals surface area contributed by atoms with Gasteiger partial charge in [-0.05, 0) is 26.8 Å². The molecule has 0 aromatic carbocycles. The van der Waals surface area contributed by atoms with Gasteiger partial charge in [0.25, 0.3) is 5.91 Å². The van der Waals surface area contributed by atoms with Crippen molar-refractivity contribution < 1.29 is 9.21 Å². The number of nitrogens with zero attached hydrogens (tertiary/aromatic N) is 1. The molecular formula is C10H12N2O2. The van der Waals surface area contributed by atoms with Crippen LogP contribution in [0, 0.1) is 6.92 Å². The van der Waals surface area contributed by atoms with E-state index in [0.29, 0.717) is 5.84 Å². The first-order valence-electron chi connectivity index (χ1n) is 4.46. The first-order valence-corrected chi connectivity index (χ1v) is 4.46. The summed E-state index contributed by atoms with van der Waals surface area (Å²) in [5.41, 5.74) is 0.183. The number of hydrogen-bond donors (Lipinski definition) is 1. The molecule has 2 heterocycles. The van der Waals surface area contributed by atoms with Crippen molar-refractivity contribution in [2.45, 2.75) is 26.3 Å². The molecule has 1 amide bonds. The standard InChI is InChI=1S/C10H12N2O2/c1-6-7(4-5-14-6)8-11-9(13)10(2,3)12-8/h4-5H,1-3H3,(H,11,12,13). The SMILES string of the molecule is Cc1occc1C1=NC(C)(C)C(=O)N1. The van der Waals surface area contributed by atoms with Crippen molar-refractivity contribution in [1.82, 2.24) is 5.32 Å². The van der Waals surface area contributed by atoms with E-state index in [1.54, 1.807) is 26.2 Å². The van der Waals surface area contributed by atoms with Crippen LogP contribution in [-0.4, -0.2) is 17.3 Å². The molecule has 0 bridgehead atoms. The highest BCUT2D eigenvalue weighted by Crippen LogP contribution is 2.19. The van der Waals surface area contributed by atoms with Crippen molar-refractivity contribution in [3.63, 3.8) is 0 Å². The van der Waals surface area contributed by atoms with Gasteiger partial charge in [0.1, 0.15) is 17.1 Å². The second-order valence-corrected chi connectivity index (χ2v) is 3.86. The van der Waals surface area contributed by atoms with Crippen molar-refractivity contribution in [2.24, 2.45) is 4.99 Å². The predicted molar refractivity (Wildman–Crippen MR) is 52.2 cm³/mol. The zero-order valence-corrected chi connectivity index (χ0v) is 8.42. The molecule has 1 aliphatic rings. The zero-order valence-electron chi connectivity index (χ0n) is 8.42. The Morgan fingerprint density at radius 3 is 2.64 bits per heavy atom. The van der Waals surface area contributed by atoms with Gasteiger partial charge in [0.15, 0.2) is 0 Å². The van der Waals surface area contributed by atoms with Crippen LogP contribution in [-0.2, 0) is 4.79 Å². The second kappa shape index (κ2) is 2.70. The number of furan rings is 1. The molecule has 74 valence electrons. The summed E-state index contributed by atoms with van der Waals surface area (Å²) < 4.78 is 5.15. The van der Waals surface area contributed by atoms with Crippen LogP contribution in [0.4, 0.5) is 0 Å². The Kier molecular flexibility index (Phi) is 1.74. The lowest BCUT2D eigenvalue weighted by Gasteiger charge is -2.07. The van der Waals surface area contributed by atoms with Gasteiger partial charge >= 0.3 is 0 Å². The maximum Gasteiger partial charge on any atom is 0.252 e. The maximum atomic E-state index is 11.5. The van der Waals surface area contributed by atoms with Gasteiger partial charge < -0.3 is 9.73 Å². The number of aryl methyl sites for hydroxylation is 1. The van der Waals surface area contributed by atoms with E-state index < -0.39 is 5.54 Å². The Balaban J connectivity index is 2.40. The molecule has 1 aliphatic heterocycles. The van der Waals surface area contributed by atoms with Crippen LogP contribution in [0.1, 0.15) is 25.2 Å². The lowest BCUT2D eigenvalue weighted by Crippen LogP contribution is -2.34. The van der Waals surface area contributed by atoms with Crippen molar-refractivity contribution in [1.29, 1.82) is 0 Å². The lowest BCUT2D eigenvalue weighted by molar-refractivity contribution is -0.122. The highest BCUT2D eigenvalue weighted by atomic mass is 16.3. The Morgan fingerprint density at radius 2 is 2.21 bits per heavy atom. The van der Waals surface area contributed by atoms with E-state index in [-0.39, 0.29) is 5.91 Å². The number of amidine groups is 1. The average molecular weight is 192 g/mol. The van der Waals surface area contributed by atoms with Crippen LogP contribution in [0.2, 0.25) is 0 Å². The minimum atomic E-state index is -0.668. The van der Waals surface area contributed by atoms with E-state index in [2.05, 4.69) is 10.3 Å². The molecule has 4 nitrogen and oxygen atoms in total. The second-order valence-electron chi connectivity index (χ2n) is 3.86. The number of rotatable bonds is 1. The molecule has 1 aromatic heterocycles. The molecular weight excluding hydrogens is 180 g/mol. The van der Waals surface area contributed by atoms with Gasteiger partial charge in [0, 0.05) is 0 Å². The number of aliphatic imine (C=N–C) groups is 1. The summed E-state index contributed by atoms with van der Waals surface area (Å²) in [7, 11) is 0. The molecule has 0 atom stereocenters. The Morgan fingerprint density at radius 1 is 1.50 bits per heavy atom. The molecule has 1 N–H and O–H groups in total. The van der Waals surface area contributed by atoms with E-state index in [0.717, 1.165) is 11.3 Å². The van der Waals surface area contributed by atoms with Gasteiger partial charge in [-0.25, -0.2) is 0 Å². The molecule has 2 rings (SSSR count). The van der Waals surface area contributed by atoms with Crippen LogP contribution in [0.25, 0.3) is 0 Å². The number of carbonyl (C=O) groups excluding carboxylic acids is 1. The fourth-order valence-corrected chi connectivity index (χ4v) is 1.38. The molecule has 0 saturated heterocycles. The van der Waals surface area contributed by atoms with Gasteiger partial charge in [-0.15, -0.1) is 0 Å². The smallest absolute Gasteiger partial charge is 0.252 e. The summed E-state index contributed by atoms with van der Waals surface area (Å²) in [5, 5.41) is 2.74. The van der Waals surface area contributed by atoms with E-state index >= 15 is 0 Å². The molecule has 0 aliphatic carbocycles. The summed E-state index contributed by atoms with van der Waals surface area (Å²) in [6, 6.07) is 1.80. The van der Waals surface area contributed by atoms with Crippen LogP contribution in [0.5, 0.6) is 0 Å².